The van der Waals surface area contributed by atoms with Crippen LogP contribution in [0.15, 0.2) is 0 Å². The summed E-state index contributed by atoms with van der Waals surface area (Å²) in [6, 6.07) is 0. The van der Waals surface area contributed by atoms with Crippen LogP contribution in [0.5, 0.6) is 0 Å². The molecule has 1 aliphatic carbocycles. The lowest BCUT2D eigenvalue weighted by molar-refractivity contribution is -0.192. The Morgan fingerprint density at radius 1 is 1.45 bits per heavy atom. The van der Waals surface area contributed by atoms with E-state index in [1.165, 1.54) is 24.1 Å². The number of nitrogens with zero attached hydrogens (tertiary/aromatic N) is 2. The topological polar surface area (TPSA) is 78.5 Å². The molecule has 124 valence electrons. The number of carboxylic acid groups (broad SMARTS) is 1. The van der Waals surface area contributed by atoms with Crippen LogP contribution in [0.25, 0.3) is 0 Å². The first-order valence-corrected chi connectivity index (χ1v) is 6.88. The molecule has 3 rings (SSSR count). The van der Waals surface area contributed by atoms with E-state index in [0.29, 0.717) is 6.61 Å². The van der Waals surface area contributed by atoms with Gasteiger partial charge < -0.3 is 9.84 Å². The van der Waals surface area contributed by atoms with Crippen molar-refractivity contribution in [1.82, 2.24) is 15.1 Å². The van der Waals surface area contributed by atoms with Gasteiger partial charge >= 0.3 is 12.1 Å². The minimum absolute atomic E-state index is 0.677. The number of hydrogen-bond donors (Lipinski definition) is 2. The number of aliphatic carboxylic acids is 1. The van der Waals surface area contributed by atoms with Crippen LogP contribution in [0, 0.1) is 5.92 Å². The van der Waals surface area contributed by atoms with Crippen LogP contribution >= 0.6 is 0 Å². The van der Waals surface area contributed by atoms with E-state index in [-0.39, 0.29) is 0 Å². The molecule has 1 aliphatic heterocycles. The molecule has 0 radical (unpaired) electrons. The summed E-state index contributed by atoms with van der Waals surface area (Å²) in [5.41, 5.74) is 3.73. The monoisotopic (exact) mass is 321 g/mol. The number of nitrogens with one attached hydrogen (secondary N) is 1. The quantitative estimate of drug-likeness (QED) is 0.886. The number of halogens is 3. The maximum Gasteiger partial charge on any atom is 0.490 e. The van der Waals surface area contributed by atoms with Gasteiger partial charge in [-0.3, -0.25) is 10.00 Å². The second kappa shape index (κ2) is 6.66. The third-order valence-electron chi connectivity index (χ3n) is 3.43. The third kappa shape index (κ3) is 4.70. The number of carboxylic acids is 1. The van der Waals surface area contributed by atoms with Crippen LogP contribution in [0.3, 0.4) is 0 Å². The van der Waals surface area contributed by atoms with E-state index in [2.05, 4.69) is 22.1 Å². The maximum atomic E-state index is 10.6. The lowest BCUT2D eigenvalue weighted by Crippen LogP contribution is -2.21. The Morgan fingerprint density at radius 2 is 2.09 bits per heavy atom. The van der Waals surface area contributed by atoms with Crippen molar-refractivity contribution in [1.29, 1.82) is 0 Å². The number of rotatable bonds is 4. The number of ether oxygens (including phenoxy) is 1. The highest BCUT2D eigenvalue weighted by molar-refractivity contribution is 5.73. The molecule has 6 nitrogen and oxygen atoms in total. The van der Waals surface area contributed by atoms with Gasteiger partial charge in [-0.25, -0.2) is 4.79 Å². The zero-order valence-electron chi connectivity index (χ0n) is 12.1. The average molecular weight is 321 g/mol. The molecule has 2 aliphatic rings. The largest absolute Gasteiger partial charge is 0.490 e. The van der Waals surface area contributed by atoms with Crippen LogP contribution in [-0.2, 0) is 29.2 Å². The number of aromatic amines is 1. The van der Waals surface area contributed by atoms with Crippen molar-refractivity contribution in [2.45, 2.75) is 38.7 Å². The lowest BCUT2D eigenvalue weighted by atomic mass is 10.2. The van der Waals surface area contributed by atoms with Gasteiger partial charge in [-0.15, -0.1) is 0 Å². The zero-order chi connectivity index (χ0) is 16.3. The lowest BCUT2D eigenvalue weighted by Gasteiger charge is -2.06. The Balaban J connectivity index is 0.000000217. The van der Waals surface area contributed by atoms with Gasteiger partial charge in [-0.2, -0.15) is 18.3 Å². The first-order chi connectivity index (χ1) is 10.3. The minimum atomic E-state index is -5.08. The van der Waals surface area contributed by atoms with Crippen molar-refractivity contribution < 1.29 is 27.8 Å². The van der Waals surface area contributed by atoms with E-state index in [4.69, 9.17) is 14.6 Å². The Morgan fingerprint density at radius 3 is 2.64 bits per heavy atom. The SMILES string of the molecule is CN1Cc2[nH]nc(COCC3CC3)c2C1.O=C(O)C(F)(F)F. The molecular formula is C13H18F3N3O3. The number of H-pyrrole nitrogens is 1. The van der Waals surface area contributed by atoms with E-state index in [1.54, 1.807) is 0 Å². The fourth-order valence-corrected chi connectivity index (χ4v) is 2.08. The first-order valence-electron chi connectivity index (χ1n) is 6.88. The molecule has 2 heterocycles. The number of carbonyl (C=O) groups is 1. The highest BCUT2D eigenvalue weighted by Crippen LogP contribution is 2.29. The minimum Gasteiger partial charge on any atom is -0.475 e. The summed E-state index contributed by atoms with van der Waals surface area (Å²) in [5.74, 6) is -1.92. The summed E-state index contributed by atoms with van der Waals surface area (Å²) in [4.78, 5) is 11.2. The van der Waals surface area contributed by atoms with Crippen LogP contribution in [0.4, 0.5) is 13.2 Å². The van der Waals surface area contributed by atoms with Crippen LogP contribution in [0.1, 0.15) is 29.8 Å². The van der Waals surface area contributed by atoms with E-state index in [0.717, 1.165) is 31.3 Å². The van der Waals surface area contributed by atoms with Crippen molar-refractivity contribution >= 4 is 5.97 Å². The highest BCUT2D eigenvalue weighted by Gasteiger charge is 2.38. The van der Waals surface area contributed by atoms with Crippen LogP contribution in [0.2, 0.25) is 0 Å². The molecule has 0 bridgehead atoms. The van der Waals surface area contributed by atoms with Gasteiger partial charge in [0.25, 0.3) is 0 Å². The molecule has 0 amide bonds. The van der Waals surface area contributed by atoms with Gasteiger partial charge in [-0.1, -0.05) is 0 Å². The van der Waals surface area contributed by atoms with E-state index in [1.807, 2.05) is 0 Å². The fourth-order valence-electron chi connectivity index (χ4n) is 2.08. The Hall–Kier alpha value is -1.61. The van der Waals surface area contributed by atoms with Crippen molar-refractivity contribution in [2.24, 2.45) is 5.92 Å². The smallest absolute Gasteiger partial charge is 0.475 e. The van der Waals surface area contributed by atoms with Gasteiger partial charge in [0, 0.05) is 25.3 Å². The molecule has 0 spiro atoms. The fraction of sp³-hybridized carbons (Fsp3) is 0.692. The highest BCUT2D eigenvalue weighted by atomic mass is 19.4. The normalized spacial score (nSPS) is 17.8. The first kappa shape index (κ1) is 16.8. The molecular weight excluding hydrogens is 303 g/mol. The molecule has 0 saturated heterocycles. The predicted molar refractivity (Wildman–Crippen MR) is 69.8 cm³/mol. The number of fused-ring (bicyclic) bond motifs is 1. The molecule has 1 fully saturated rings. The maximum absolute atomic E-state index is 10.6. The van der Waals surface area contributed by atoms with E-state index in [9.17, 15) is 13.2 Å². The Bertz CT molecular complexity index is 526. The Kier molecular flexibility index (Phi) is 5.07. The summed E-state index contributed by atoms with van der Waals surface area (Å²) in [6.45, 7) is 3.59. The number of hydrogen-bond acceptors (Lipinski definition) is 4. The number of alkyl halides is 3. The number of aromatic nitrogens is 2. The summed E-state index contributed by atoms with van der Waals surface area (Å²) in [5, 5.41) is 14.5. The zero-order valence-corrected chi connectivity index (χ0v) is 12.1. The molecule has 1 aromatic heterocycles. The predicted octanol–water partition coefficient (Wildman–Crippen LogP) is 1.92. The second-order valence-corrected chi connectivity index (χ2v) is 5.56. The van der Waals surface area contributed by atoms with Gasteiger partial charge in [0.2, 0.25) is 0 Å². The van der Waals surface area contributed by atoms with Crippen LogP contribution in [-0.4, -0.2) is 46.0 Å². The van der Waals surface area contributed by atoms with Gasteiger partial charge in [0.05, 0.1) is 18.0 Å². The van der Waals surface area contributed by atoms with Crippen molar-refractivity contribution in [3.8, 4) is 0 Å². The van der Waals surface area contributed by atoms with Crippen molar-refractivity contribution in [3.05, 3.63) is 17.0 Å². The summed E-state index contributed by atoms with van der Waals surface area (Å²) in [7, 11) is 2.13. The van der Waals surface area contributed by atoms with Gasteiger partial charge in [0.1, 0.15) is 0 Å². The average Bonchev–Trinajstić information content (AvgIpc) is 3.05. The molecule has 2 N–H and O–H groups in total. The van der Waals surface area contributed by atoms with Crippen molar-refractivity contribution in [3.63, 3.8) is 0 Å². The van der Waals surface area contributed by atoms with Crippen LogP contribution < -0.4 is 0 Å². The molecule has 0 atom stereocenters. The standard InChI is InChI=1S/C11H17N3O.C2HF3O2/c1-14-4-9-10(5-14)12-13-11(9)7-15-6-8-2-3-8;3-2(4,5)1(6)7/h8H,2-7H2,1H3,(H,12,13);(H,6,7). The Labute approximate surface area is 125 Å². The van der Waals surface area contributed by atoms with Gasteiger partial charge in [0.15, 0.2) is 0 Å². The van der Waals surface area contributed by atoms with Gasteiger partial charge in [-0.05, 0) is 25.8 Å². The van der Waals surface area contributed by atoms with Crippen molar-refractivity contribution in [2.75, 3.05) is 13.7 Å². The van der Waals surface area contributed by atoms with E-state index >= 15 is 0 Å². The molecule has 0 unspecified atom stereocenters. The molecule has 9 heteroatoms. The summed E-state index contributed by atoms with van der Waals surface area (Å²) >= 11 is 0. The molecule has 1 saturated carbocycles. The molecule has 1 aromatic rings. The molecule has 22 heavy (non-hydrogen) atoms. The third-order valence-corrected chi connectivity index (χ3v) is 3.43. The van der Waals surface area contributed by atoms with E-state index < -0.39 is 12.1 Å². The second-order valence-electron chi connectivity index (χ2n) is 5.56. The molecule has 0 aromatic carbocycles. The summed E-state index contributed by atoms with van der Waals surface area (Å²) in [6.07, 6.45) is -2.39. The summed E-state index contributed by atoms with van der Waals surface area (Å²) < 4.78 is 37.4.